The molecule has 0 saturated carbocycles. The maximum Gasteiger partial charge on any atom is 0.244 e. The van der Waals surface area contributed by atoms with E-state index < -0.39 is 0 Å². The molecule has 5 nitrogen and oxygen atoms in total. The van der Waals surface area contributed by atoms with E-state index >= 15 is 0 Å². The lowest BCUT2D eigenvalue weighted by Crippen LogP contribution is -2.23. The molecule has 0 heterocycles. The molecule has 0 aromatic heterocycles. The van der Waals surface area contributed by atoms with Crippen LogP contribution in [0.25, 0.3) is 6.08 Å². The van der Waals surface area contributed by atoms with Crippen molar-refractivity contribution >= 4 is 17.7 Å². The molecule has 22 heavy (non-hydrogen) atoms. The number of amides is 1. The fraction of sp³-hybridized carbons (Fsp3) is 0.471. The first-order valence-corrected chi connectivity index (χ1v) is 7.62. The quantitative estimate of drug-likeness (QED) is 0.418. The van der Waals surface area contributed by atoms with E-state index in [0.29, 0.717) is 31.2 Å². The standard InChI is InChI=1S/C17H26N2O3/c1-4-21-16-8-6-14(12-15(16)18)7-9-17(20)19-10-5-11-22-13(2)3/h6-9,12-13H,4-5,10-11,18H2,1-3H3,(H,19,20)/b9-7-. The third-order valence-electron chi connectivity index (χ3n) is 2.83. The van der Waals surface area contributed by atoms with Crippen LogP contribution < -0.4 is 15.8 Å². The lowest BCUT2D eigenvalue weighted by Gasteiger charge is -2.07. The number of hydrogen-bond donors (Lipinski definition) is 2. The van der Waals surface area contributed by atoms with Crippen molar-refractivity contribution < 1.29 is 14.3 Å². The molecule has 0 aliphatic rings. The van der Waals surface area contributed by atoms with Gasteiger partial charge in [0, 0.05) is 19.2 Å². The molecule has 0 spiro atoms. The zero-order chi connectivity index (χ0) is 16.4. The van der Waals surface area contributed by atoms with Gasteiger partial charge in [0.25, 0.3) is 0 Å². The van der Waals surface area contributed by atoms with Gasteiger partial charge in [-0.1, -0.05) is 6.07 Å². The van der Waals surface area contributed by atoms with Crippen LogP contribution in [0.3, 0.4) is 0 Å². The summed E-state index contributed by atoms with van der Waals surface area (Å²) in [6.45, 7) is 7.71. The summed E-state index contributed by atoms with van der Waals surface area (Å²) in [5, 5.41) is 2.81. The minimum absolute atomic E-state index is 0.128. The van der Waals surface area contributed by atoms with Crippen LogP contribution in [0.15, 0.2) is 24.3 Å². The van der Waals surface area contributed by atoms with Gasteiger partial charge in [0.2, 0.25) is 5.91 Å². The second-order valence-electron chi connectivity index (χ2n) is 5.13. The molecule has 1 rings (SSSR count). The van der Waals surface area contributed by atoms with Gasteiger partial charge in [-0.05, 0) is 51.0 Å². The summed E-state index contributed by atoms with van der Waals surface area (Å²) in [6, 6.07) is 5.45. The van der Waals surface area contributed by atoms with Crippen molar-refractivity contribution in [1.82, 2.24) is 5.32 Å². The van der Waals surface area contributed by atoms with Crippen molar-refractivity contribution in [2.45, 2.75) is 33.3 Å². The highest BCUT2D eigenvalue weighted by Crippen LogP contribution is 2.22. The fourth-order valence-corrected chi connectivity index (χ4v) is 1.79. The van der Waals surface area contributed by atoms with E-state index in [9.17, 15) is 4.79 Å². The Kier molecular flexibility index (Phi) is 8.07. The van der Waals surface area contributed by atoms with Crippen LogP contribution in [0.1, 0.15) is 32.8 Å². The molecule has 1 aromatic rings. The molecule has 0 unspecified atom stereocenters. The number of nitrogens with two attached hydrogens (primary N) is 1. The largest absolute Gasteiger partial charge is 0.492 e. The zero-order valence-electron chi connectivity index (χ0n) is 13.6. The fourth-order valence-electron chi connectivity index (χ4n) is 1.79. The summed E-state index contributed by atoms with van der Waals surface area (Å²) in [5.74, 6) is 0.534. The predicted molar refractivity (Wildman–Crippen MR) is 89.8 cm³/mol. The highest BCUT2D eigenvalue weighted by atomic mass is 16.5. The molecule has 3 N–H and O–H groups in total. The summed E-state index contributed by atoms with van der Waals surface area (Å²) in [5.41, 5.74) is 7.30. The Balaban J connectivity index is 2.37. The van der Waals surface area contributed by atoms with E-state index in [4.69, 9.17) is 15.2 Å². The van der Waals surface area contributed by atoms with E-state index in [2.05, 4.69) is 5.32 Å². The smallest absolute Gasteiger partial charge is 0.244 e. The third-order valence-corrected chi connectivity index (χ3v) is 2.83. The Morgan fingerprint density at radius 1 is 1.41 bits per heavy atom. The molecule has 0 bridgehead atoms. The van der Waals surface area contributed by atoms with Gasteiger partial charge in [-0.15, -0.1) is 0 Å². The number of nitrogen functional groups attached to an aromatic ring is 1. The van der Waals surface area contributed by atoms with Gasteiger partial charge in [0.05, 0.1) is 18.4 Å². The minimum atomic E-state index is -0.128. The number of anilines is 1. The van der Waals surface area contributed by atoms with Crippen molar-refractivity contribution in [3.8, 4) is 5.75 Å². The van der Waals surface area contributed by atoms with E-state index in [1.807, 2.05) is 26.8 Å². The average Bonchev–Trinajstić information content (AvgIpc) is 2.47. The van der Waals surface area contributed by atoms with Crippen LogP contribution in [0.4, 0.5) is 5.69 Å². The molecule has 0 saturated heterocycles. The Labute approximate surface area is 132 Å². The van der Waals surface area contributed by atoms with Crippen LogP contribution in [0, 0.1) is 0 Å². The van der Waals surface area contributed by atoms with Crippen molar-refractivity contribution in [3.63, 3.8) is 0 Å². The van der Waals surface area contributed by atoms with E-state index in [-0.39, 0.29) is 12.0 Å². The van der Waals surface area contributed by atoms with E-state index in [1.54, 1.807) is 18.2 Å². The second kappa shape index (κ2) is 9.84. The van der Waals surface area contributed by atoms with Crippen LogP contribution in [-0.4, -0.2) is 31.8 Å². The van der Waals surface area contributed by atoms with Gasteiger partial charge in [-0.25, -0.2) is 0 Å². The van der Waals surface area contributed by atoms with Gasteiger partial charge in [-0.3, -0.25) is 4.79 Å². The second-order valence-corrected chi connectivity index (χ2v) is 5.13. The topological polar surface area (TPSA) is 73.6 Å². The Bertz CT molecular complexity index is 499. The predicted octanol–water partition coefficient (Wildman–Crippen LogP) is 2.61. The van der Waals surface area contributed by atoms with Gasteiger partial charge < -0.3 is 20.5 Å². The lowest BCUT2D eigenvalue weighted by atomic mass is 10.1. The highest BCUT2D eigenvalue weighted by Gasteiger charge is 2.00. The monoisotopic (exact) mass is 306 g/mol. The molecule has 1 amide bonds. The van der Waals surface area contributed by atoms with Crippen LogP contribution in [0.2, 0.25) is 0 Å². The number of nitrogens with one attached hydrogen (secondary N) is 1. The maximum absolute atomic E-state index is 11.7. The molecule has 0 fully saturated rings. The summed E-state index contributed by atoms with van der Waals surface area (Å²) < 4.78 is 10.8. The number of benzene rings is 1. The van der Waals surface area contributed by atoms with Crippen LogP contribution in [0.5, 0.6) is 5.75 Å². The molecular formula is C17H26N2O3. The normalized spacial score (nSPS) is 11.1. The van der Waals surface area contributed by atoms with Gasteiger partial charge in [0.15, 0.2) is 0 Å². The molecule has 5 heteroatoms. The third kappa shape index (κ3) is 7.13. The average molecular weight is 306 g/mol. The van der Waals surface area contributed by atoms with Gasteiger partial charge >= 0.3 is 0 Å². The molecule has 1 aromatic carbocycles. The molecular weight excluding hydrogens is 280 g/mol. The SMILES string of the molecule is CCOc1ccc(/C=C\C(=O)NCCCOC(C)C)cc1N. The number of rotatable bonds is 9. The highest BCUT2D eigenvalue weighted by molar-refractivity contribution is 5.91. The first-order chi connectivity index (χ1) is 10.5. The molecule has 0 radical (unpaired) electrons. The summed E-state index contributed by atoms with van der Waals surface area (Å²) >= 11 is 0. The number of carbonyl (C=O) groups is 1. The minimum Gasteiger partial charge on any atom is -0.492 e. The van der Waals surface area contributed by atoms with Crippen molar-refractivity contribution in [2.75, 3.05) is 25.5 Å². The first-order valence-electron chi connectivity index (χ1n) is 7.62. The van der Waals surface area contributed by atoms with Crippen LogP contribution >= 0.6 is 0 Å². The number of carbonyl (C=O) groups excluding carboxylic acids is 1. The lowest BCUT2D eigenvalue weighted by molar-refractivity contribution is -0.116. The molecule has 0 aliphatic heterocycles. The van der Waals surface area contributed by atoms with Crippen LogP contribution in [-0.2, 0) is 9.53 Å². The Morgan fingerprint density at radius 3 is 2.82 bits per heavy atom. The van der Waals surface area contributed by atoms with Crippen molar-refractivity contribution in [3.05, 3.63) is 29.8 Å². The first kappa shape index (κ1) is 18.0. The van der Waals surface area contributed by atoms with Gasteiger partial charge in [-0.2, -0.15) is 0 Å². The van der Waals surface area contributed by atoms with Crippen molar-refractivity contribution in [1.29, 1.82) is 0 Å². The molecule has 122 valence electrons. The number of hydrogen-bond acceptors (Lipinski definition) is 4. The maximum atomic E-state index is 11.7. The van der Waals surface area contributed by atoms with Crippen molar-refractivity contribution in [2.24, 2.45) is 0 Å². The zero-order valence-corrected chi connectivity index (χ0v) is 13.6. The molecule has 0 aliphatic carbocycles. The summed E-state index contributed by atoms with van der Waals surface area (Å²) in [6.07, 6.45) is 4.25. The Morgan fingerprint density at radius 2 is 2.18 bits per heavy atom. The Hall–Kier alpha value is -2.01. The summed E-state index contributed by atoms with van der Waals surface area (Å²) in [7, 11) is 0. The van der Waals surface area contributed by atoms with Gasteiger partial charge in [0.1, 0.15) is 5.75 Å². The van der Waals surface area contributed by atoms with E-state index in [0.717, 1.165) is 12.0 Å². The van der Waals surface area contributed by atoms with E-state index in [1.165, 1.54) is 6.08 Å². The number of ether oxygens (including phenoxy) is 2. The molecule has 0 atom stereocenters. The summed E-state index contributed by atoms with van der Waals surface area (Å²) in [4.78, 5) is 11.7.